The second-order valence-corrected chi connectivity index (χ2v) is 6.35. The van der Waals surface area contributed by atoms with Crippen molar-refractivity contribution in [2.24, 2.45) is 0 Å². The summed E-state index contributed by atoms with van der Waals surface area (Å²) in [5.41, 5.74) is 4.86. The molecule has 0 N–H and O–H groups in total. The van der Waals surface area contributed by atoms with Gasteiger partial charge in [0.05, 0.1) is 5.88 Å². The van der Waals surface area contributed by atoms with Gasteiger partial charge in [0.25, 0.3) is 0 Å². The Balaban J connectivity index is 1.78. The minimum Gasteiger partial charge on any atom is -0.332 e. The zero-order valence-corrected chi connectivity index (χ0v) is 14.6. The fourth-order valence-corrected chi connectivity index (χ4v) is 3.11. The van der Waals surface area contributed by atoms with Crippen molar-refractivity contribution < 1.29 is 0 Å². The van der Waals surface area contributed by atoms with Gasteiger partial charge >= 0.3 is 0 Å². The summed E-state index contributed by atoms with van der Waals surface area (Å²) in [6, 6.07) is 29.6. The van der Waals surface area contributed by atoms with Gasteiger partial charge in [0.15, 0.2) is 0 Å². The highest BCUT2D eigenvalue weighted by atomic mass is 32.2. The number of para-hydroxylation sites is 1. The molecule has 3 aromatic rings. The molecule has 0 heterocycles. The summed E-state index contributed by atoms with van der Waals surface area (Å²) in [6.45, 7) is 0. The van der Waals surface area contributed by atoms with E-state index >= 15 is 0 Å². The molecule has 0 aromatic heterocycles. The molecule has 0 saturated heterocycles. The van der Waals surface area contributed by atoms with E-state index in [1.54, 1.807) is 0 Å². The molecule has 0 aliphatic heterocycles. The number of thioether (sulfide) groups is 1. The zero-order chi connectivity index (χ0) is 16.6. The van der Waals surface area contributed by atoms with Crippen molar-refractivity contribution in [2.75, 3.05) is 17.0 Å². The fourth-order valence-electron chi connectivity index (χ4n) is 2.56. The lowest BCUT2D eigenvalue weighted by molar-refractivity contribution is 1.17. The molecule has 3 rings (SSSR count). The van der Waals surface area contributed by atoms with E-state index in [1.807, 2.05) is 17.8 Å². The van der Waals surface area contributed by atoms with Crippen molar-refractivity contribution in [3.05, 3.63) is 96.1 Å². The quantitative estimate of drug-likeness (QED) is 0.384. The summed E-state index contributed by atoms with van der Waals surface area (Å²) in [6.07, 6.45) is 6.43. The van der Waals surface area contributed by atoms with Gasteiger partial charge in [-0.3, -0.25) is 0 Å². The van der Waals surface area contributed by atoms with Gasteiger partial charge in [0.1, 0.15) is 0 Å². The summed E-state index contributed by atoms with van der Waals surface area (Å²) in [5, 5.41) is 0. The Morgan fingerprint density at radius 1 is 0.667 bits per heavy atom. The number of rotatable bonds is 6. The maximum absolute atomic E-state index is 2.33. The third kappa shape index (κ3) is 4.30. The van der Waals surface area contributed by atoms with Crippen LogP contribution in [0, 0.1) is 0 Å². The van der Waals surface area contributed by atoms with E-state index in [0.29, 0.717) is 0 Å². The van der Waals surface area contributed by atoms with Gasteiger partial charge in [-0.25, -0.2) is 0 Å². The summed E-state index contributed by atoms with van der Waals surface area (Å²) < 4.78 is 0. The molecular weight excluding hydrogens is 310 g/mol. The molecule has 0 amide bonds. The van der Waals surface area contributed by atoms with Gasteiger partial charge in [-0.2, -0.15) is 0 Å². The number of hydrogen-bond acceptors (Lipinski definition) is 2. The van der Waals surface area contributed by atoms with Crippen LogP contribution < -0.4 is 4.90 Å². The highest BCUT2D eigenvalue weighted by molar-refractivity contribution is 7.98. The summed E-state index contributed by atoms with van der Waals surface area (Å²) >= 11 is 1.82. The van der Waals surface area contributed by atoms with Crippen molar-refractivity contribution >= 4 is 35.3 Å². The molecule has 0 bridgehead atoms. The van der Waals surface area contributed by atoms with Gasteiger partial charge in [0, 0.05) is 11.4 Å². The first kappa shape index (κ1) is 16.4. The van der Waals surface area contributed by atoms with E-state index in [9.17, 15) is 0 Å². The SMILES string of the molecule is CSCN(c1ccccc1)c1ccc(/C=C/c2ccccc2)cc1. The number of anilines is 2. The number of nitrogens with zero attached hydrogens (tertiary/aromatic N) is 1. The standard InChI is InChI=1S/C22H21NS/c1-24-18-23(21-10-6-3-7-11-21)22-16-14-20(15-17-22)13-12-19-8-4-2-5-9-19/h2-17H,18H2,1H3/b13-12+. The molecule has 0 fully saturated rings. The molecule has 0 saturated carbocycles. The number of hydrogen-bond donors (Lipinski definition) is 0. The van der Waals surface area contributed by atoms with E-state index in [1.165, 1.54) is 22.5 Å². The van der Waals surface area contributed by atoms with Gasteiger partial charge in [-0.15, -0.1) is 11.8 Å². The molecule has 0 unspecified atom stereocenters. The molecule has 24 heavy (non-hydrogen) atoms. The largest absolute Gasteiger partial charge is 0.332 e. The second kappa shape index (κ2) is 8.42. The normalized spacial score (nSPS) is 10.9. The lowest BCUT2D eigenvalue weighted by Crippen LogP contribution is -2.15. The summed E-state index contributed by atoms with van der Waals surface area (Å²) in [4.78, 5) is 2.33. The Labute approximate surface area is 148 Å². The maximum atomic E-state index is 2.33. The van der Waals surface area contributed by atoms with Crippen LogP contribution in [0.4, 0.5) is 11.4 Å². The first-order chi connectivity index (χ1) is 11.9. The topological polar surface area (TPSA) is 3.24 Å². The molecule has 1 nitrogen and oxygen atoms in total. The van der Waals surface area contributed by atoms with Crippen molar-refractivity contribution in [3.8, 4) is 0 Å². The second-order valence-electron chi connectivity index (χ2n) is 5.52. The average Bonchev–Trinajstić information content (AvgIpc) is 2.66. The predicted octanol–water partition coefficient (Wildman–Crippen LogP) is 6.32. The van der Waals surface area contributed by atoms with Gasteiger partial charge in [-0.05, 0) is 41.6 Å². The van der Waals surface area contributed by atoms with Crippen LogP contribution in [-0.2, 0) is 0 Å². The van der Waals surface area contributed by atoms with Crippen LogP contribution in [0.2, 0.25) is 0 Å². The van der Waals surface area contributed by atoms with Crippen molar-refractivity contribution in [1.82, 2.24) is 0 Å². The Morgan fingerprint density at radius 3 is 1.75 bits per heavy atom. The van der Waals surface area contributed by atoms with Crippen LogP contribution in [0.1, 0.15) is 11.1 Å². The molecule has 0 atom stereocenters. The minimum atomic E-state index is 0.934. The molecule has 0 aliphatic rings. The van der Waals surface area contributed by atoms with Gasteiger partial charge in [-0.1, -0.05) is 72.8 Å². The molecule has 0 radical (unpaired) electrons. The lowest BCUT2D eigenvalue weighted by atomic mass is 10.1. The minimum absolute atomic E-state index is 0.934. The van der Waals surface area contributed by atoms with E-state index in [4.69, 9.17) is 0 Å². The molecular formula is C22H21NS. The highest BCUT2D eigenvalue weighted by Crippen LogP contribution is 2.27. The highest BCUT2D eigenvalue weighted by Gasteiger charge is 2.07. The first-order valence-corrected chi connectivity index (χ1v) is 9.41. The summed E-state index contributed by atoms with van der Waals surface area (Å²) in [5.74, 6) is 0.934. The van der Waals surface area contributed by atoms with Crippen LogP contribution in [0.3, 0.4) is 0 Å². The Morgan fingerprint density at radius 2 is 1.17 bits per heavy atom. The van der Waals surface area contributed by atoms with E-state index in [0.717, 1.165) is 5.88 Å². The molecule has 0 spiro atoms. The van der Waals surface area contributed by atoms with Gasteiger partial charge in [0.2, 0.25) is 0 Å². The van der Waals surface area contributed by atoms with Gasteiger partial charge < -0.3 is 4.90 Å². The van der Waals surface area contributed by atoms with Crippen LogP contribution in [-0.4, -0.2) is 12.1 Å². The smallest absolute Gasteiger partial charge is 0.0685 e. The molecule has 3 aromatic carbocycles. The van der Waals surface area contributed by atoms with Crippen LogP contribution in [0.15, 0.2) is 84.9 Å². The van der Waals surface area contributed by atoms with E-state index in [-0.39, 0.29) is 0 Å². The maximum Gasteiger partial charge on any atom is 0.0685 e. The van der Waals surface area contributed by atoms with Crippen LogP contribution >= 0.6 is 11.8 Å². The van der Waals surface area contributed by atoms with Crippen molar-refractivity contribution in [3.63, 3.8) is 0 Å². The lowest BCUT2D eigenvalue weighted by Gasteiger charge is -2.24. The number of benzene rings is 3. The van der Waals surface area contributed by atoms with Crippen LogP contribution in [0.5, 0.6) is 0 Å². The van der Waals surface area contributed by atoms with E-state index < -0.39 is 0 Å². The first-order valence-electron chi connectivity index (χ1n) is 8.01. The molecule has 120 valence electrons. The average molecular weight is 331 g/mol. The predicted molar refractivity (Wildman–Crippen MR) is 109 cm³/mol. The van der Waals surface area contributed by atoms with E-state index in [2.05, 4.69) is 102 Å². The Kier molecular flexibility index (Phi) is 5.75. The zero-order valence-electron chi connectivity index (χ0n) is 13.8. The third-order valence-electron chi connectivity index (χ3n) is 3.80. The van der Waals surface area contributed by atoms with Crippen molar-refractivity contribution in [1.29, 1.82) is 0 Å². The molecule has 2 heteroatoms. The van der Waals surface area contributed by atoms with Crippen LogP contribution in [0.25, 0.3) is 12.2 Å². The monoisotopic (exact) mass is 331 g/mol. The Bertz CT molecular complexity index is 764. The Hall–Kier alpha value is -2.45. The van der Waals surface area contributed by atoms with Crippen molar-refractivity contribution in [2.45, 2.75) is 0 Å². The molecule has 0 aliphatic carbocycles. The fraction of sp³-hybridized carbons (Fsp3) is 0.0909. The third-order valence-corrected chi connectivity index (χ3v) is 4.32. The summed E-state index contributed by atoms with van der Waals surface area (Å²) in [7, 11) is 0.